The number of nitrogens with two attached hydrogens (primary N) is 1. The molecule has 0 aliphatic heterocycles. The molecule has 1 aliphatic carbocycles. The topological polar surface area (TPSA) is 92.4 Å². The quantitative estimate of drug-likeness (QED) is 0.717. The molecular formula is C15H28N2O3. The number of carboxylic acids is 1. The van der Waals surface area contributed by atoms with Gasteiger partial charge < -0.3 is 16.2 Å². The van der Waals surface area contributed by atoms with Crippen molar-refractivity contribution < 1.29 is 14.7 Å². The van der Waals surface area contributed by atoms with Crippen LogP contribution < -0.4 is 11.1 Å². The molecular weight excluding hydrogens is 256 g/mol. The number of amides is 1. The zero-order valence-electron chi connectivity index (χ0n) is 13.0. The Balaban J connectivity index is 2.78. The van der Waals surface area contributed by atoms with Crippen molar-refractivity contribution in [2.24, 2.45) is 23.0 Å². The average Bonchev–Trinajstić information content (AvgIpc) is 2.35. The van der Waals surface area contributed by atoms with Gasteiger partial charge in [-0.1, -0.05) is 34.1 Å². The van der Waals surface area contributed by atoms with Crippen molar-refractivity contribution in [3.8, 4) is 0 Å². The van der Waals surface area contributed by atoms with Gasteiger partial charge in [-0.15, -0.1) is 0 Å². The third kappa shape index (κ3) is 3.51. The van der Waals surface area contributed by atoms with Crippen LogP contribution >= 0.6 is 0 Å². The Morgan fingerprint density at radius 2 is 2.00 bits per heavy atom. The first-order chi connectivity index (χ1) is 9.21. The monoisotopic (exact) mass is 284 g/mol. The molecule has 1 amide bonds. The highest BCUT2D eigenvalue weighted by Gasteiger charge is 2.45. The lowest BCUT2D eigenvalue weighted by molar-refractivity contribution is -0.144. The van der Waals surface area contributed by atoms with E-state index in [4.69, 9.17) is 10.8 Å². The summed E-state index contributed by atoms with van der Waals surface area (Å²) in [6.45, 7) is 8.09. The molecule has 5 heteroatoms. The van der Waals surface area contributed by atoms with Crippen molar-refractivity contribution in [2.75, 3.05) is 0 Å². The molecule has 1 aliphatic rings. The Morgan fingerprint density at radius 3 is 2.50 bits per heavy atom. The fourth-order valence-corrected chi connectivity index (χ4v) is 3.14. The molecule has 0 radical (unpaired) electrons. The molecule has 0 aromatic rings. The van der Waals surface area contributed by atoms with E-state index in [0.29, 0.717) is 6.42 Å². The molecule has 4 atom stereocenters. The van der Waals surface area contributed by atoms with E-state index in [1.807, 2.05) is 6.92 Å². The summed E-state index contributed by atoms with van der Waals surface area (Å²) in [4.78, 5) is 23.6. The van der Waals surface area contributed by atoms with E-state index in [2.05, 4.69) is 26.1 Å². The number of carbonyl (C=O) groups excluding carboxylic acids is 1. The van der Waals surface area contributed by atoms with Crippen LogP contribution in [-0.2, 0) is 9.59 Å². The maximum Gasteiger partial charge on any atom is 0.326 e. The van der Waals surface area contributed by atoms with Crippen LogP contribution in [0.2, 0.25) is 0 Å². The van der Waals surface area contributed by atoms with Crippen LogP contribution in [0.5, 0.6) is 0 Å². The van der Waals surface area contributed by atoms with Crippen LogP contribution in [0, 0.1) is 17.3 Å². The Morgan fingerprint density at radius 1 is 1.40 bits per heavy atom. The first-order valence-electron chi connectivity index (χ1n) is 7.50. The van der Waals surface area contributed by atoms with Crippen molar-refractivity contribution >= 4 is 11.9 Å². The molecule has 0 aromatic carbocycles. The molecule has 0 spiro atoms. The second kappa shape index (κ2) is 6.57. The lowest BCUT2D eigenvalue weighted by Gasteiger charge is -2.46. The third-order valence-corrected chi connectivity index (χ3v) is 5.01. The van der Waals surface area contributed by atoms with Gasteiger partial charge in [-0.25, -0.2) is 4.79 Å². The van der Waals surface area contributed by atoms with Gasteiger partial charge in [0.25, 0.3) is 0 Å². The van der Waals surface area contributed by atoms with Gasteiger partial charge in [0, 0.05) is 12.0 Å². The zero-order valence-corrected chi connectivity index (χ0v) is 13.0. The highest BCUT2D eigenvalue weighted by molar-refractivity contribution is 5.85. The van der Waals surface area contributed by atoms with Crippen molar-refractivity contribution in [3.05, 3.63) is 0 Å². The first-order valence-corrected chi connectivity index (χ1v) is 7.50. The van der Waals surface area contributed by atoms with E-state index in [1.54, 1.807) is 0 Å². The molecule has 20 heavy (non-hydrogen) atoms. The van der Waals surface area contributed by atoms with Gasteiger partial charge in [-0.3, -0.25) is 4.79 Å². The van der Waals surface area contributed by atoms with Crippen LogP contribution in [0.1, 0.15) is 53.4 Å². The summed E-state index contributed by atoms with van der Waals surface area (Å²) >= 11 is 0. The SMILES string of the molecule is CCCC(NC(=O)C1CCC(N)C(C)C1(C)C)C(=O)O. The summed E-state index contributed by atoms with van der Waals surface area (Å²) in [7, 11) is 0. The van der Waals surface area contributed by atoms with E-state index < -0.39 is 12.0 Å². The lowest BCUT2D eigenvalue weighted by atomic mass is 9.61. The molecule has 0 saturated heterocycles. The van der Waals surface area contributed by atoms with Crippen LogP contribution in [0.15, 0.2) is 0 Å². The molecule has 1 saturated carbocycles. The molecule has 0 heterocycles. The maximum atomic E-state index is 12.4. The van der Waals surface area contributed by atoms with Gasteiger partial charge in [0.1, 0.15) is 6.04 Å². The maximum absolute atomic E-state index is 12.4. The fourth-order valence-electron chi connectivity index (χ4n) is 3.14. The fraction of sp³-hybridized carbons (Fsp3) is 0.867. The van der Waals surface area contributed by atoms with Gasteiger partial charge >= 0.3 is 5.97 Å². The number of nitrogens with one attached hydrogen (secondary N) is 1. The summed E-state index contributed by atoms with van der Waals surface area (Å²) in [6, 6.07) is -0.672. The minimum Gasteiger partial charge on any atom is -0.480 e. The summed E-state index contributed by atoms with van der Waals surface area (Å²) in [5.74, 6) is -1.04. The number of rotatable bonds is 5. The molecule has 0 bridgehead atoms. The zero-order chi connectivity index (χ0) is 15.5. The van der Waals surface area contributed by atoms with Crippen molar-refractivity contribution in [1.29, 1.82) is 0 Å². The van der Waals surface area contributed by atoms with Gasteiger partial charge in [0.15, 0.2) is 0 Å². The molecule has 5 nitrogen and oxygen atoms in total. The van der Waals surface area contributed by atoms with E-state index in [-0.39, 0.29) is 29.2 Å². The van der Waals surface area contributed by atoms with Gasteiger partial charge in [-0.2, -0.15) is 0 Å². The molecule has 0 aromatic heterocycles. The van der Waals surface area contributed by atoms with E-state index in [1.165, 1.54) is 0 Å². The Hall–Kier alpha value is -1.10. The summed E-state index contributed by atoms with van der Waals surface area (Å²) in [5, 5.41) is 11.8. The first kappa shape index (κ1) is 17.0. The second-order valence-electron chi connectivity index (χ2n) is 6.59. The van der Waals surface area contributed by atoms with Crippen molar-refractivity contribution in [2.45, 2.75) is 65.5 Å². The van der Waals surface area contributed by atoms with Crippen LogP contribution in [0.25, 0.3) is 0 Å². The highest BCUT2D eigenvalue weighted by atomic mass is 16.4. The molecule has 4 unspecified atom stereocenters. The van der Waals surface area contributed by atoms with Crippen LogP contribution in [-0.4, -0.2) is 29.1 Å². The van der Waals surface area contributed by atoms with Gasteiger partial charge in [-0.05, 0) is 30.6 Å². The Bertz CT molecular complexity index is 368. The third-order valence-electron chi connectivity index (χ3n) is 5.01. The van der Waals surface area contributed by atoms with Crippen molar-refractivity contribution in [3.63, 3.8) is 0 Å². The lowest BCUT2D eigenvalue weighted by Crippen LogP contribution is -2.53. The average molecular weight is 284 g/mol. The summed E-state index contributed by atoms with van der Waals surface area (Å²) < 4.78 is 0. The smallest absolute Gasteiger partial charge is 0.326 e. The minimum atomic E-state index is -0.960. The number of hydrogen-bond donors (Lipinski definition) is 3. The number of carbonyl (C=O) groups is 2. The normalized spacial score (nSPS) is 30.6. The largest absolute Gasteiger partial charge is 0.480 e. The van der Waals surface area contributed by atoms with E-state index in [0.717, 1.165) is 19.3 Å². The van der Waals surface area contributed by atoms with Crippen LogP contribution in [0.3, 0.4) is 0 Å². The van der Waals surface area contributed by atoms with Gasteiger partial charge in [0.05, 0.1) is 0 Å². The van der Waals surface area contributed by atoms with E-state index >= 15 is 0 Å². The Labute approximate surface area is 121 Å². The molecule has 4 N–H and O–H groups in total. The summed E-state index contributed by atoms with van der Waals surface area (Å²) in [5.41, 5.74) is 5.88. The molecule has 1 fully saturated rings. The van der Waals surface area contributed by atoms with Crippen LogP contribution in [0.4, 0.5) is 0 Å². The number of carboxylic acid groups (broad SMARTS) is 1. The minimum absolute atomic E-state index is 0.111. The number of aliphatic carboxylic acids is 1. The second-order valence-corrected chi connectivity index (χ2v) is 6.59. The van der Waals surface area contributed by atoms with E-state index in [9.17, 15) is 9.59 Å². The molecule has 116 valence electrons. The predicted octanol–water partition coefficient (Wildman–Crippen LogP) is 1.76. The van der Waals surface area contributed by atoms with Crippen molar-refractivity contribution in [1.82, 2.24) is 5.32 Å². The van der Waals surface area contributed by atoms with Gasteiger partial charge in [0.2, 0.25) is 5.91 Å². The highest BCUT2D eigenvalue weighted by Crippen LogP contribution is 2.44. The standard InChI is InChI=1S/C15H28N2O3/c1-5-6-12(14(19)20)17-13(18)10-7-8-11(16)9(2)15(10,3)4/h9-12H,5-8,16H2,1-4H3,(H,17,18)(H,19,20). The predicted molar refractivity (Wildman–Crippen MR) is 78.1 cm³/mol. The molecule has 1 rings (SSSR count). The summed E-state index contributed by atoms with van der Waals surface area (Å²) in [6.07, 6.45) is 2.73. The number of hydrogen-bond acceptors (Lipinski definition) is 3. The Kier molecular flexibility index (Phi) is 5.57.